The highest BCUT2D eigenvalue weighted by Crippen LogP contribution is 2.44. The zero-order chi connectivity index (χ0) is 23.4. The van der Waals surface area contributed by atoms with Gasteiger partial charge in [-0.05, 0) is 54.8 Å². The van der Waals surface area contributed by atoms with Gasteiger partial charge in [-0.15, -0.1) is 0 Å². The Bertz CT molecular complexity index is 1110. The molecule has 0 saturated carbocycles. The minimum absolute atomic E-state index is 0.0358. The number of amides is 1. The van der Waals surface area contributed by atoms with Crippen LogP contribution in [-0.2, 0) is 0 Å². The number of hydrogen-bond donors (Lipinski definition) is 1. The van der Waals surface area contributed by atoms with Crippen molar-refractivity contribution in [1.29, 1.82) is 0 Å². The smallest absolute Gasteiger partial charge is 0.273 e. The van der Waals surface area contributed by atoms with E-state index in [9.17, 15) is 4.79 Å². The highest BCUT2D eigenvalue weighted by molar-refractivity contribution is 6.00. The summed E-state index contributed by atoms with van der Waals surface area (Å²) in [6.07, 6.45) is 2.90. The van der Waals surface area contributed by atoms with Crippen molar-refractivity contribution in [2.24, 2.45) is 0 Å². The van der Waals surface area contributed by atoms with Gasteiger partial charge < -0.3 is 19.1 Å². The molecule has 33 heavy (non-hydrogen) atoms. The monoisotopic (exact) mass is 449 g/mol. The topological polar surface area (TPSA) is 76.7 Å². The fraction of sp³-hybridized carbons (Fsp3) is 0.385. The lowest BCUT2D eigenvalue weighted by Crippen LogP contribution is -2.30. The number of carbonyl (C=O) groups is 1. The first-order chi connectivity index (χ1) is 16.1. The zero-order valence-electron chi connectivity index (χ0n) is 19.7. The predicted molar refractivity (Wildman–Crippen MR) is 127 cm³/mol. The van der Waals surface area contributed by atoms with E-state index in [4.69, 9.17) is 14.2 Å². The lowest BCUT2D eigenvalue weighted by molar-refractivity contribution is 0.0743. The Morgan fingerprint density at radius 1 is 1.00 bits per heavy atom. The largest absolute Gasteiger partial charge is 0.497 e. The molecule has 0 bridgehead atoms. The standard InChI is InChI=1S/C26H31N3O4/c1-5-7-15-33-20-13-10-18(16-21(20)32-4)25-22-23(17-8-11-19(31-3)12-9-17)27-28-24(22)26(30)29(25)14-6-2/h8-13,16,25H,5-7,14-15H2,1-4H3,(H,27,28). The van der Waals surface area contributed by atoms with Crippen LogP contribution in [0.5, 0.6) is 17.2 Å². The molecular weight excluding hydrogens is 418 g/mol. The molecule has 1 amide bonds. The van der Waals surface area contributed by atoms with Crippen molar-refractivity contribution < 1.29 is 19.0 Å². The van der Waals surface area contributed by atoms with E-state index in [0.29, 0.717) is 30.3 Å². The van der Waals surface area contributed by atoms with E-state index in [1.165, 1.54) is 0 Å². The number of carbonyl (C=O) groups excluding carboxylic acids is 1. The second kappa shape index (κ2) is 9.98. The Morgan fingerprint density at radius 3 is 2.45 bits per heavy atom. The first kappa shape index (κ1) is 22.7. The summed E-state index contributed by atoms with van der Waals surface area (Å²) in [6, 6.07) is 13.4. The molecule has 3 aromatic rings. The molecule has 0 fully saturated rings. The molecule has 1 atom stereocenters. The number of H-pyrrole nitrogens is 1. The van der Waals surface area contributed by atoms with Crippen molar-refractivity contribution in [3.8, 4) is 28.5 Å². The minimum atomic E-state index is -0.262. The van der Waals surface area contributed by atoms with Crippen molar-refractivity contribution in [2.45, 2.75) is 39.2 Å². The van der Waals surface area contributed by atoms with Gasteiger partial charge in [0.05, 0.1) is 32.6 Å². The van der Waals surface area contributed by atoms with Crippen LogP contribution in [0.25, 0.3) is 11.3 Å². The molecule has 0 radical (unpaired) electrons. The molecule has 0 saturated heterocycles. The third-order valence-electron chi connectivity index (χ3n) is 5.95. The molecule has 1 aliphatic heterocycles. The molecule has 4 rings (SSSR count). The SMILES string of the molecule is CCCCOc1ccc(C2c3c(-c4ccc(OC)cc4)n[nH]c3C(=O)N2CCC)cc1OC. The van der Waals surface area contributed by atoms with Crippen LogP contribution < -0.4 is 14.2 Å². The van der Waals surface area contributed by atoms with E-state index in [1.807, 2.05) is 47.4 Å². The van der Waals surface area contributed by atoms with Crippen molar-refractivity contribution in [3.05, 3.63) is 59.3 Å². The van der Waals surface area contributed by atoms with Gasteiger partial charge in [-0.25, -0.2) is 0 Å². The van der Waals surface area contributed by atoms with Crippen LogP contribution in [0.3, 0.4) is 0 Å². The number of aromatic nitrogens is 2. The summed E-state index contributed by atoms with van der Waals surface area (Å²) in [5.41, 5.74) is 4.09. The zero-order valence-corrected chi connectivity index (χ0v) is 19.7. The average molecular weight is 450 g/mol. The summed E-state index contributed by atoms with van der Waals surface area (Å²) in [5.74, 6) is 2.11. The molecule has 0 aliphatic carbocycles. The molecule has 0 spiro atoms. The predicted octanol–water partition coefficient (Wildman–Crippen LogP) is 5.23. The highest BCUT2D eigenvalue weighted by Gasteiger charge is 2.42. The van der Waals surface area contributed by atoms with E-state index in [2.05, 4.69) is 24.0 Å². The normalized spacial score (nSPS) is 15.0. The molecule has 1 N–H and O–H groups in total. The van der Waals surface area contributed by atoms with Crippen LogP contribution in [-0.4, -0.2) is 48.4 Å². The number of unbranched alkanes of at least 4 members (excludes halogenated alkanes) is 1. The van der Waals surface area contributed by atoms with E-state index in [0.717, 1.165) is 47.4 Å². The fourth-order valence-corrected chi connectivity index (χ4v) is 4.28. The second-order valence-corrected chi connectivity index (χ2v) is 8.10. The van der Waals surface area contributed by atoms with Gasteiger partial charge in [0, 0.05) is 17.7 Å². The lowest BCUT2D eigenvalue weighted by atomic mass is 9.95. The van der Waals surface area contributed by atoms with E-state index in [1.54, 1.807) is 14.2 Å². The van der Waals surface area contributed by atoms with Crippen molar-refractivity contribution in [3.63, 3.8) is 0 Å². The number of methoxy groups -OCH3 is 2. The number of ether oxygens (including phenoxy) is 3. The van der Waals surface area contributed by atoms with Gasteiger partial charge in [-0.1, -0.05) is 26.3 Å². The van der Waals surface area contributed by atoms with Gasteiger partial charge in [-0.2, -0.15) is 5.10 Å². The van der Waals surface area contributed by atoms with Crippen molar-refractivity contribution in [2.75, 3.05) is 27.4 Å². The molecule has 2 aromatic carbocycles. The number of fused-ring (bicyclic) bond motifs is 1. The first-order valence-corrected chi connectivity index (χ1v) is 11.5. The Labute approximate surface area is 194 Å². The van der Waals surface area contributed by atoms with Gasteiger partial charge in [0.1, 0.15) is 11.4 Å². The third-order valence-corrected chi connectivity index (χ3v) is 5.95. The number of nitrogens with one attached hydrogen (secondary N) is 1. The van der Waals surface area contributed by atoms with Crippen molar-refractivity contribution >= 4 is 5.91 Å². The summed E-state index contributed by atoms with van der Waals surface area (Å²) < 4.78 is 16.8. The number of nitrogens with zero attached hydrogens (tertiary/aromatic N) is 2. The summed E-state index contributed by atoms with van der Waals surface area (Å²) in [5, 5.41) is 7.52. The van der Waals surface area contributed by atoms with Crippen molar-refractivity contribution in [1.82, 2.24) is 15.1 Å². The van der Waals surface area contributed by atoms with Gasteiger partial charge in [0.25, 0.3) is 5.91 Å². The Hall–Kier alpha value is -3.48. The van der Waals surface area contributed by atoms with Crippen LogP contribution in [0.1, 0.15) is 60.8 Å². The maximum Gasteiger partial charge on any atom is 0.273 e. The van der Waals surface area contributed by atoms with Crippen LogP contribution >= 0.6 is 0 Å². The van der Waals surface area contributed by atoms with Gasteiger partial charge in [0.15, 0.2) is 11.5 Å². The Morgan fingerprint density at radius 2 is 1.79 bits per heavy atom. The third kappa shape index (κ3) is 4.27. The summed E-state index contributed by atoms with van der Waals surface area (Å²) in [7, 11) is 3.28. The van der Waals surface area contributed by atoms with Crippen LogP contribution in [0.2, 0.25) is 0 Å². The van der Waals surface area contributed by atoms with Crippen LogP contribution in [0.4, 0.5) is 0 Å². The molecule has 7 heteroatoms. The quantitative estimate of drug-likeness (QED) is 0.429. The molecular formula is C26H31N3O4. The fourth-order valence-electron chi connectivity index (χ4n) is 4.28. The summed E-state index contributed by atoms with van der Waals surface area (Å²) in [4.78, 5) is 15.2. The summed E-state index contributed by atoms with van der Waals surface area (Å²) in [6.45, 7) is 5.49. The van der Waals surface area contributed by atoms with Gasteiger partial charge in [-0.3, -0.25) is 9.89 Å². The van der Waals surface area contributed by atoms with E-state index in [-0.39, 0.29) is 11.9 Å². The van der Waals surface area contributed by atoms with Gasteiger partial charge in [0.2, 0.25) is 0 Å². The van der Waals surface area contributed by atoms with Gasteiger partial charge >= 0.3 is 0 Å². The maximum atomic E-state index is 13.3. The Kier molecular flexibility index (Phi) is 6.87. The number of aromatic amines is 1. The van der Waals surface area contributed by atoms with E-state index >= 15 is 0 Å². The Balaban J connectivity index is 1.77. The molecule has 1 aliphatic rings. The first-order valence-electron chi connectivity index (χ1n) is 11.5. The molecule has 2 heterocycles. The molecule has 7 nitrogen and oxygen atoms in total. The molecule has 1 unspecified atom stereocenters. The molecule has 174 valence electrons. The van der Waals surface area contributed by atoms with Crippen LogP contribution in [0, 0.1) is 0 Å². The average Bonchev–Trinajstić information content (AvgIpc) is 3.39. The maximum absolute atomic E-state index is 13.3. The number of rotatable bonds is 10. The number of hydrogen-bond acceptors (Lipinski definition) is 5. The second-order valence-electron chi connectivity index (χ2n) is 8.10. The van der Waals surface area contributed by atoms with Crippen LogP contribution in [0.15, 0.2) is 42.5 Å². The minimum Gasteiger partial charge on any atom is -0.497 e. The highest BCUT2D eigenvalue weighted by atomic mass is 16.5. The molecule has 1 aromatic heterocycles. The van der Waals surface area contributed by atoms with E-state index < -0.39 is 0 Å². The number of benzene rings is 2. The lowest BCUT2D eigenvalue weighted by Gasteiger charge is -2.26. The summed E-state index contributed by atoms with van der Waals surface area (Å²) >= 11 is 0.